The Morgan fingerprint density at radius 2 is 1.26 bits per heavy atom. The largest absolute Gasteiger partial charge is 0.643 e. The minimum absolute atomic E-state index is 0.178. The van der Waals surface area contributed by atoms with Crippen molar-refractivity contribution in [3.8, 4) is 11.3 Å². The number of hydrogen-bond acceptors (Lipinski definition) is 4. The zero-order valence-electron chi connectivity index (χ0n) is 20.7. The van der Waals surface area contributed by atoms with Crippen LogP contribution in [-0.4, -0.2) is 40.5 Å². The average molecular weight is 657 g/mol. The fraction of sp³-hybridized carbons (Fsp3) is 0.0769. The first kappa shape index (κ1) is 31.5. The van der Waals surface area contributed by atoms with Crippen molar-refractivity contribution in [2.24, 2.45) is 14.1 Å². The van der Waals surface area contributed by atoms with Crippen LogP contribution >= 0.6 is 65.0 Å². The number of halogens is 6. The van der Waals surface area contributed by atoms with E-state index in [9.17, 15) is 0 Å². The lowest BCUT2D eigenvalue weighted by molar-refractivity contribution is 0.969. The van der Waals surface area contributed by atoms with E-state index < -0.39 is 11.4 Å². The topological polar surface area (TPSA) is 61.4 Å². The molecule has 4 aromatic heterocycles. The Morgan fingerprint density at radius 1 is 0.667 bits per heavy atom. The van der Waals surface area contributed by atoms with E-state index in [2.05, 4.69) is 91.0 Å². The molecule has 6 rings (SSSR count). The molecule has 39 heavy (non-hydrogen) atoms. The molecule has 0 atom stereocenters. The van der Waals surface area contributed by atoms with Crippen molar-refractivity contribution in [1.82, 2.24) is 29.1 Å². The summed E-state index contributed by atoms with van der Waals surface area (Å²) in [5.74, 6) is 0. The van der Waals surface area contributed by atoms with Gasteiger partial charge >= 0.3 is 11.4 Å². The standard InChI is InChI=1S/C13H10ClN3.C9H9N.C4H2Cl2N2.Al.3ClH/c1-17-8-10(9-4-2-3-5-12(9)17)11-6-7-15-13(14)16-11;1-10-7-6-8-4-2-3-5-9(8)10;5-3-1-2-7-4(6)8-3;;;;/h2-8H,1H3;2-7H,1H3;1-2H;;3*1H/q;;;+3;;;/p-3. The van der Waals surface area contributed by atoms with Crippen LogP contribution in [0.25, 0.3) is 33.1 Å². The Kier molecular flexibility index (Phi) is 12.6. The molecule has 0 unspecified atom stereocenters. The van der Waals surface area contributed by atoms with Gasteiger partial charge in [-0.3, -0.25) is 0 Å². The molecule has 2 aromatic carbocycles. The van der Waals surface area contributed by atoms with Gasteiger partial charge in [-0.2, -0.15) is 0 Å². The first-order chi connectivity index (χ1) is 18.7. The van der Waals surface area contributed by atoms with E-state index in [1.165, 1.54) is 28.0 Å². The van der Waals surface area contributed by atoms with Gasteiger partial charge in [-0.15, -0.1) is 0 Å². The first-order valence-corrected chi connectivity index (χ1v) is 17.6. The van der Waals surface area contributed by atoms with Gasteiger partial charge in [-0.05, 0) is 58.9 Å². The normalized spacial score (nSPS) is 10.1. The molecule has 6 nitrogen and oxygen atoms in total. The van der Waals surface area contributed by atoms with Gasteiger partial charge in [0.1, 0.15) is 5.15 Å². The highest BCUT2D eigenvalue weighted by Crippen LogP contribution is 2.28. The maximum absolute atomic E-state index is 5.82. The van der Waals surface area contributed by atoms with Crippen molar-refractivity contribution in [1.29, 1.82) is 0 Å². The van der Waals surface area contributed by atoms with E-state index in [1.807, 2.05) is 25.2 Å². The van der Waals surface area contributed by atoms with Gasteiger partial charge < -0.3 is 9.13 Å². The molecule has 0 saturated heterocycles. The van der Waals surface area contributed by atoms with Crippen LogP contribution in [0.3, 0.4) is 0 Å². The van der Waals surface area contributed by atoms with Gasteiger partial charge in [0.15, 0.2) is 0 Å². The summed E-state index contributed by atoms with van der Waals surface area (Å²) in [7, 11) is 18.9. The molecule has 0 fully saturated rings. The molecule has 0 amide bonds. The van der Waals surface area contributed by atoms with Crippen molar-refractivity contribution >= 4 is 98.1 Å². The third-order valence-electron chi connectivity index (χ3n) is 5.19. The monoisotopic (exact) mass is 654 g/mol. The van der Waals surface area contributed by atoms with Crippen molar-refractivity contribution in [2.75, 3.05) is 0 Å². The van der Waals surface area contributed by atoms with Crippen LogP contribution in [0, 0.1) is 0 Å². The summed E-state index contributed by atoms with van der Waals surface area (Å²) in [6.45, 7) is 0. The summed E-state index contributed by atoms with van der Waals surface area (Å²) in [6.07, 6.45) is 7.30. The van der Waals surface area contributed by atoms with Crippen LogP contribution < -0.4 is 0 Å². The lowest BCUT2D eigenvalue weighted by Crippen LogP contribution is -1.85. The van der Waals surface area contributed by atoms with Crippen LogP contribution in [0.15, 0.2) is 91.5 Å². The number of hydrogen-bond donors (Lipinski definition) is 0. The summed E-state index contributed by atoms with van der Waals surface area (Å²) in [4.78, 5) is 15.4. The Labute approximate surface area is 258 Å². The van der Waals surface area contributed by atoms with Gasteiger partial charge in [-0.1, -0.05) is 48.0 Å². The quantitative estimate of drug-likeness (QED) is 0.101. The SMILES string of the molecule is Clc1ccnc(Cl)n1.Cn1cc(-c2ccnc(Cl)n2)c2ccccc21.Cn1ccc2ccccc21.[Cl][Al]([Cl])[Cl]. The van der Waals surface area contributed by atoms with Crippen molar-refractivity contribution in [3.05, 3.63) is 107 Å². The second kappa shape index (κ2) is 15.7. The average Bonchev–Trinajstić information content (AvgIpc) is 3.45. The van der Waals surface area contributed by atoms with Gasteiger partial charge in [0.2, 0.25) is 10.6 Å². The molecule has 6 aromatic rings. The minimum Gasteiger partial charge on any atom is -0.351 e. The Bertz CT molecular complexity index is 1620. The van der Waals surface area contributed by atoms with Gasteiger partial charge in [0.05, 0.1) is 5.69 Å². The van der Waals surface area contributed by atoms with E-state index >= 15 is 0 Å². The molecule has 200 valence electrons. The zero-order valence-corrected chi connectivity index (χ0v) is 26.4. The molecule has 0 spiro atoms. The van der Waals surface area contributed by atoms with E-state index in [0.717, 1.165) is 11.3 Å². The van der Waals surface area contributed by atoms with E-state index in [-0.39, 0.29) is 10.6 Å². The van der Waals surface area contributed by atoms with E-state index in [0.29, 0.717) is 5.15 Å². The van der Waals surface area contributed by atoms with Crippen LogP contribution in [-0.2, 0) is 14.1 Å². The molecule has 4 heterocycles. The van der Waals surface area contributed by atoms with Crippen LogP contribution in [0.5, 0.6) is 0 Å². The fourth-order valence-electron chi connectivity index (χ4n) is 3.57. The Hall–Kier alpha value is -2.05. The fourth-order valence-corrected chi connectivity index (χ4v) is 4.04. The molecule has 0 bridgehead atoms. The van der Waals surface area contributed by atoms with Gasteiger partial charge in [0.25, 0.3) is 0 Å². The number of aromatic nitrogens is 6. The molecular weight excluding hydrogens is 636 g/mol. The summed E-state index contributed by atoms with van der Waals surface area (Å²) < 4.78 is 4.20. The van der Waals surface area contributed by atoms with Crippen LogP contribution in [0.1, 0.15) is 0 Å². The maximum atomic E-state index is 5.82. The third-order valence-corrected chi connectivity index (χ3v) is 5.76. The predicted molar refractivity (Wildman–Crippen MR) is 167 cm³/mol. The summed E-state index contributed by atoms with van der Waals surface area (Å²) in [5.41, 5.74) is 4.40. The number of benzene rings is 2. The zero-order chi connectivity index (χ0) is 28.4. The minimum atomic E-state index is -1.72. The number of rotatable bonds is 1. The van der Waals surface area contributed by atoms with E-state index in [4.69, 9.17) is 65.0 Å². The van der Waals surface area contributed by atoms with Gasteiger partial charge in [0, 0.05) is 60.9 Å². The highest BCUT2D eigenvalue weighted by molar-refractivity contribution is 7.54. The molecular formula is C26H21AlCl6N6. The lowest BCUT2D eigenvalue weighted by atomic mass is 10.1. The maximum Gasteiger partial charge on any atom is 0.643 e. The highest BCUT2D eigenvalue weighted by Gasteiger charge is 2.09. The molecule has 0 radical (unpaired) electrons. The number of aryl methyl sites for hydroxylation is 2. The number of nitrogens with zero attached hydrogens (tertiary/aromatic N) is 6. The van der Waals surface area contributed by atoms with Crippen LogP contribution in [0.2, 0.25) is 15.7 Å². The number of fused-ring (bicyclic) bond motifs is 2. The summed E-state index contributed by atoms with van der Waals surface area (Å²) >= 11 is 14.8. The van der Waals surface area contributed by atoms with Gasteiger partial charge in [-0.25, -0.2) is 50.1 Å². The van der Waals surface area contributed by atoms with E-state index in [1.54, 1.807) is 12.3 Å². The number of para-hydroxylation sites is 2. The Morgan fingerprint density at radius 3 is 1.85 bits per heavy atom. The molecule has 0 aliphatic rings. The van der Waals surface area contributed by atoms with Crippen molar-refractivity contribution in [3.63, 3.8) is 0 Å². The van der Waals surface area contributed by atoms with Crippen molar-refractivity contribution in [2.45, 2.75) is 0 Å². The second-order valence-corrected chi connectivity index (χ2v) is 15.3. The van der Waals surface area contributed by atoms with Crippen molar-refractivity contribution < 1.29 is 0 Å². The summed E-state index contributed by atoms with van der Waals surface area (Å²) in [6, 6.07) is 22.1. The smallest absolute Gasteiger partial charge is 0.351 e. The third kappa shape index (κ3) is 9.82. The molecule has 13 heteroatoms. The second-order valence-electron chi connectivity index (χ2n) is 7.76. The molecule has 0 N–H and O–H groups in total. The lowest BCUT2D eigenvalue weighted by Gasteiger charge is -1.98. The Balaban J connectivity index is 0.000000163. The molecule has 0 saturated carbocycles. The molecule has 0 aliphatic heterocycles. The first-order valence-electron chi connectivity index (χ1n) is 11.2. The van der Waals surface area contributed by atoms with Crippen LogP contribution in [0.4, 0.5) is 0 Å². The highest BCUT2D eigenvalue weighted by atomic mass is 35.8. The molecule has 0 aliphatic carbocycles. The predicted octanol–water partition coefficient (Wildman–Crippen LogP) is 8.94. The summed E-state index contributed by atoms with van der Waals surface area (Å²) in [5, 5.41) is 3.30.